The Balaban J connectivity index is 1.77. The second-order valence-electron chi connectivity index (χ2n) is 20.0. The lowest BCUT2D eigenvalue weighted by Crippen LogP contribution is -2.78. The summed E-state index contributed by atoms with van der Waals surface area (Å²) < 4.78 is 51.9. The van der Waals surface area contributed by atoms with Crippen LogP contribution in [-0.2, 0) is 57.0 Å². The fourth-order valence-corrected chi connectivity index (χ4v) is 9.81. The van der Waals surface area contributed by atoms with Crippen LogP contribution in [0.2, 0.25) is 0 Å². The molecule has 0 radical (unpaired) electrons. The molecule has 1 aliphatic carbocycles. The van der Waals surface area contributed by atoms with Crippen LogP contribution in [0.3, 0.4) is 0 Å². The third-order valence-electron chi connectivity index (χ3n) is 14.3. The van der Waals surface area contributed by atoms with E-state index in [0.717, 1.165) is 34.8 Å². The molecule has 3 heterocycles. The average Bonchev–Trinajstić information content (AvgIpc) is 3.38. The first-order chi connectivity index (χ1) is 36.5. The third-order valence-corrected chi connectivity index (χ3v) is 14.3. The molecule has 3 amide bonds. The zero-order chi connectivity index (χ0) is 58.9. The molecule has 21 N–H and O–H groups in total. The molecule has 0 spiro atoms. The van der Waals surface area contributed by atoms with Crippen LogP contribution in [0.4, 0.5) is 0 Å². The molecule has 33 heteroatoms. The van der Waals surface area contributed by atoms with Crippen molar-refractivity contribution in [2.75, 3.05) is 46.8 Å². The highest BCUT2D eigenvalue weighted by molar-refractivity contribution is 5.74. The minimum absolute atomic E-state index is 0.490. The number of hydrogen-bond acceptors (Lipinski definition) is 30. The number of carbonyl (C=O) groups is 3. The summed E-state index contributed by atoms with van der Waals surface area (Å²) in [6.45, 7) is 0.0251. The second kappa shape index (κ2) is 29.5. The predicted molar refractivity (Wildman–Crippen MR) is 251 cm³/mol. The van der Waals surface area contributed by atoms with E-state index in [0.29, 0.717) is 0 Å². The van der Waals surface area contributed by atoms with Crippen LogP contribution in [0.1, 0.15) is 47.5 Å². The van der Waals surface area contributed by atoms with E-state index < -0.39 is 241 Å². The normalized spacial score (nSPS) is 39.2. The topological polar surface area (TPSA) is 535 Å². The van der Waals surface area contributed by atoms with Gasteiger partial charge in [-0.3, -0.25) is 14.4 Å². The Morgan fingerprint density at radius 1 is 0.641 bits per heavy atom. The van der Waals surface area contributed by atoms with Crippen molar-refractivity contribution in [1.82, 2.24) is 16.0 Å². The summed E-state index contributed by atoms with van der Waals surface area (Å²) in [5.41, 5.74) is -5.96. The van der Waals surface area contributed by atoms with Gasteiger partial charge in [0.15, 0.2) is 37.1 Å². The molecule has 0 bridgehead atoms. The lowest BCUT2D eigenvalue weighted by atomic mass is 9.63. The largest absolute Gasteiger partial charge is 0.396 e. The van der Waals surface area contributed by atoms with Gasteiger partial charge in [0.1, 0.15) is 97.0 Å². The van der Waals surface area contributed by atoms with Gasteiger partial charge >= 0.3 is 0 Å². The van der Waals surface area contributed by atoms with Crippen LogP contribution in [-0.4, -0.2) is 321 Å². The summed E-state index contributed by atoms with van der Waals surface area (Å²) in [4.78, 5) is 36.9. The third kappa shape index (κ3) is 15.3. The summed E-state index contributed by atoms with van der Waals surface area (Å²) in [5, 5.41) is 204. The van der Waals surface area contributed by atoms with E-state index in [-0.39, 0.29) is 0 Å². The second-order valence-corrected chi connectivity index (χ2v) is 20.0. The van der Waals surface area contributed by atoms with Crippen LogP contribution < -0.4 is 16.0 Å². The molecule has 3 aliphatic heterocycles. The van der Waals surface area contributed by atoms with Gasteiger partial charge < -0.3 is 150 Å². The van der Waals surface area contributed by atoms with Crippen molar-refractivity contribution in [2.24, 2.45) is 5.92 Å². The maximum Gasteiger partial charge on any atom is 0.217 e. The fourth-order valence-electron chi connectivity index (χ4n) is 9.81. The Kier molecular flexibility index (Phi) is 25.7. The summed E-state index contributed by atoms with van der Waals surface area (Å²) in [6.07, 6.45) is -44.4. The van der Waals surface area contributed by atoms with Gasteiger partial charge in [0.25, 0.3) is 0 Å². The highest BCUT2D eigenvalue weighted by atomic mass is 16.8. The first-order valence-corrected chi connectivity index (χ1v) is 25.0. The van der Waals surface area contributed by atoms with Crippen molar-refractivity contribution in [3.8, 4) is 0 Å². The number of methoxy groups -OCH3 is 1. The molecule has 16 unspecified atom stereocenters. The minimum atomic E-state index is -3.19. The van der Waals surface area contributed by atoms with Crippen molar-refractivity contribution in [1.29, 1.82) is 0 Å². The van der Waals surface area contributed by atoms with E-state index in [2.05, 4.69) is 16.0 Å². The van der Waals surface area contributed by atoms with Crippen LogP contribution in [0.15, 0.2) is 0 Å². The van der Waals surface area contributed by atoms with E-state index in [4.69, 9.17) is 42.6 Å². The van der Waals surface area contributed by atoms with Crippen molar-refractivity contribution in [2.45, 2.75) is 212 Å². The van der Waals surface area contributed by atoms with Gasteiger partial charge in [0.05, 0.1) is 56.9 Å². The lowest BCUT2D eigenvalue weighted by Gasteiger charge is -2.58. The Morgan fingerprint density at radius 2 is 1.14 bits per heavy atom. The summed E-state index contributed by atoms with van der Waals surface area (Å²) in [6, 6.07) is -4.64. The summed E-state index contributed by atoms with van der Waals surface area (Å²) >= 11 is 0. The molecule has 0 aromatic carbocycles. The summed E-state index contributed by atoms with van der Waals surface area (Å²) in [5.74, 6) is -4.27. The monoisotopic (exact) mass is 1140 g/mol. The molecule has 0 aromatic rings. The van der Waals surface area contributed by atoms with Crippen LogP contribution in [0.5, 0.6) is 0 Å². The van der Waals surface area contributed by atoms with Crippen molar-refractivity contribution < 1.29 is 149 Å². The van der Waals surface area contributed by atoms with Gasteiger partial charge in [-0.2, -0.15) is 0 Å². The number of rotatable bonds is 29. The van der Waals surface area contributed by atoms with Crippen molar-refractivity contribution in [3.05, 3.63) is 0 Å². The number of aliphatic hydroxyl groups excluding tert-OH is 16. The van der Waals surface area contributed by atoms with E-state index >= 15 is 0 Å². The predicted octanol–water partition coefficient (Wildman–Crippen LogP) is -12.0. The number of amides is 3. The fraction of sp³-hybridized carbons (Fsp3) is 0.933. The molecule has 3 saturated heterocycles. The number of aliphatic hydroxyl groups is 18. The van der Waals surface area contributed by atoms with Crippen molar-refractivity contribution in [3.63, 3.8) is 0 Å². The molecule has 4 fully saturated rings. The Labute approximate surface area is 446 Å². The first kappa shape index (κ1) is 67.8. The molecule has 1 saturated carbocycles. The molecular weight excluding hydrogens is 1060 g/mol. The van der Waals surface area contributed by atoms with Gasteiger partial charge in [-0.25, -0.2) is 0 Å². The zero-order valence-electron chi connectivity index (χ0n) is 43.6. The number of nitrogens with one attached hydrogen (secondary N) is 3. The Morgan fingerprint density at radius 3 is 1.67 bits per heavy atom. The lowest BCUT2D eigenvalue weighted by molar-refractivity contribution is -0.408. The zero-order valence-corrected chi connectivity index (χ0v) is 43.6. The highest BCUT2D eigenvalue weighted by Crippen LogP contribution is 2.47. The standard InChI is InChI=1S/C45H81N3O30/c1-15-25(46-16(2)54)32(63)34(23(12-52)72-15)75-40-27(48-18(4)56)33(64)35(24(13-53)74-40)77-43(67)45(69)19(14-71-42(66)44(5,68)37(65)21(58)8-10-50)28(59)38(45)78-41(70-6)36(29(60)20(57)7-9-49)76-39-26(47-17(3)55)31(62)30(61)22(11-51)73-39/h15,19-43,49-53,57-69H,7-14H2,1-6H3,(H,46,54)(H,47,55)(H,48,56)/t15-,19?,20+,21+,22?,23?,24?,25?,26?,27?,28+,29?,30+,31?,32?,33?,34+,35+,36?,37?,38?,39-,40-,41+,42+,43-,44?,45?/m0/s1. The first-order valence-electron chi connectivity index (χ1n) is 25.0. The van der Waals surface area contributed by atoms with Crippen molar-refractivity contribution >= 4 is 17.7 Å². The molecule has 28 atom stereocenters. The summed E-state index contributed by atoms with van der Waals surface area (Å²) in [7, 11) is 0.894. The molecule has 78 heavy (non-hydrogen) atoms. The molecule has 0 aromatic heterocycles. The highest BCUT2D eigenvalue weighted by Gasteiger charge is 2.69. The van der Waals surface area contributed by atoms with E-state index in [9.17, 15) is 106 Å². The van der Waals surface area contributed by atoms with Crippen LogP contribution >= 0.6 is 0 Å². The molecule has 4 aliphatic rings. The smallest absolute Gasteiger partial charge is 0.217 e. The van der Waals surface area contributed by atoms with E-state index in [1.807, 2.05) is 0 Å². The Hall–Kier alpha value is -2.67. The number of ether oxygens (including phenoxy) is 9. The van der Waals surface area contributed by atoms with Gasteiger partial charge in [-0.05, 0) is 26.7 Å². The van der Waals surface area contributed by atoms with Gasteiger partial charge in [-0.1, -0.05) is 0 Å². The number of hydrogen-bond donors (Lipinski definition) is 21. The van der Waals surface area contributed by atoms with Crippen LogP contribution in [0, 0.1) is 5.92 Å². The molecular formula is C45H81N3O30. The van der Waals surface area contributed by atoms with E-state index in [1.165, 1.54) is 6.92 Å². The number of carbonyl (C=O) groups excluding carboxylic acids is 3. The molecule has 456 valence electrons. The minimum Gasteiger partial charge on any atom is -0.396 e. The maximum absolute atomic E-state index is 12.7. The maximum atomic E-state index is 12.7. The van der Waals surface area contributed by atoms with E-state index in [1.54, 1.807) is 0 Å². The SMILES string of the molecule is CO[C@H](OC1[C@H](O)C(CO[C@@H](O)C(C)(O)C(O)[C@H](O)CCO)C1(O)[C@@H](O)O[C@@H]1C(CO)O[C@@H](O[C@@H]2C(CO)O[C@@H](C)C(NC(C)=O)C2O)C(NC(C)=O)C1O)C(O[C@@H]1OC(CO)[C@@H](O)C(O)C1NC(C)=O)C(O)[C@H](O)CCO. The van der Waals surface area contributed by atoms with Crippen LogP contribution in [0.25, 0.3) is 0 Å². The Bertz CT molecular complexity index is 1870. The van der Waals surface area contributed by atoms with Gasteiger partial charge in [-0.15, -0.1) is 0 Å². The molecule has 4 rings (SSSR count). The quantitative estimate of drug-likeness (QED) is 0.0309. The molecule has 33 nitrogen and oxygen atoms in total. The van der Waals surface area contributed by atoms with Gasteiger partial charge in [0.2, 0.25) is 17.7 Å². The van der Waals surface area contributed by atoms with Gasteiger partial charge in [0, 0.05) is 47.0 Å². The average molecular weight is 1140 g/mol.